The van der Waals surface area contributed by atoms with Crippen molar-refractivity contribution < 1.29 is 8.42 Å². The average molecular weight is 306 g/mol. The summed E-state index contributed by atoms with van der Waals surface area (Å²) in [6.45, 7) is 3.89. The number of nitrogens with two attached hydrogens (primary N) is 1. The normalized spacial score (nSPS) is 13.8. The van der Waals surface area contributed by atoms with Gasteiger partial charge in [-0.15, -0.1) is 0 Å². The number of rotatable bonds is 3. The molecule has 0 amide bonds. The minimum Gasteiger partial charge on any atom is -0.323 e. The Morgan fingerprint density at radius 1 is 1.31 bits per heavy atom. The second-order valence-electron chi connectivity index (χ2n) is 4.16. The second kappa shape index (κ2) is 4.85. The van der Waals surface area contributed by atoms with Crippen LogP contribution in [-0.2, 0) is 9.84 Å². The second-order valence-corrected chi connectivity index (χ2v) is 7.20. The average Bonchev–Trinajstić information content (AvgIpc) is 2.08. The van der Waals surface area contributed by atoms with E-state index < -0.39 is 15.9 Å². The van der Waals surface area contributed by atoms with Crippen LogP contribution in [0.2, 0.25) is 0 Å². The zero-order chi connectivity index (χ0) is 12.5. The fraction of sp³-hybridized carbons (Fsp3) is 0.455. The van der Waals surface area contributed by atoms with Gasteiger partial charge >= 0.3 is 0 Å². The van der Waals surface area contributed by atoms with E-state index in [1.807, 2.05) is 26.0 Å². The van der Waals surface area contributed by atoms with Crippen LogP contribution in [0.4, 0.5) is 0 Å². The number of benzene rings is 1. The molecular weight excluding hydrogens is 290 g/mol. The quantitative estimate of drug-likeness (QED) is 0.930. The third-order valence-corrected chi connectivity index (χ3v) is 4.25. The lowest BCUT2D eigenvalue weighted by Gasteiger charge is -2.15. The lowest BCUT2D eigenvalue weighted by molar-refractivity contribution is 0.594. The molecule has 1 rings (SSSR count). The summed E-state index contributed by atoms with van der Waals surface area (Å²) in [5.74, 6) is -0.0189. The standard InChI is InChI=1S/C11H16BrNO2S/c1-7-5-10(12)8(2)4-9(7)11(13)6-16(3,14)15/h4-5,11H,6,13H2,1-3H3. The fourth-order valence-electron chi connectivity index (χ4n) is 1.62. The van der Waals surface area contributed by atoms with Crippen molar-refractivity contribution in [2.75, 3.05) is 12.0 Å². The van der Waals surface area contributed by atoms with Crippen LogP contribution in [-0.4, -0.2) is 20.4 Å². The molecule has 1 atom stereocenters. The van der Waals surface area contributed by atoms with Crippen LogP contribution in [0.3, 0.4) is 0 Å². The number of aryl methyl sites for hydroxylation is 2. The molecule has 0 aliphatic carbocycles. The summed E-state index contributed by atoms with van der Waals surface area (Å²) < 4.78 is 23.4. The maximum absolute atomic E-state index is 11.2. The van der Waals surface area contributed by atoms with E-state index in [1.54, 1.807) is 0 Å². The Morgan fingerprint density at radius 2 is 1.88 bits per heavy atom. The van der Waals surface area contributed by atoms with Gasteiger partial charge in [-0.3, -0.25) is 0 Å². The molecule has 0 aliphatic rings. The van der Waals surface area contributed by atoms with Crippen molar-refractivity contribution >= 4 is 25.8 Å². The highest BCUT2D eigenvalue weighted by atomic mass is 79.9. The lowest BCUT2D eigenvalue weighted by atomic mass is 10.0. The molecule has 3 nitrogen and oxygen atoms in total. The molecule has 0 radical (unpaired) electrons. The maximum atomic E-state index is 11.2. The van der Waals surface area contributed by atoms with E-state index in [2.05, 4.69) is 15.9 Å². The SMILES string of the molecule is Cc1cc(C(N)CS(C)(=O)=O)c(C)cc1Br. The molecule has 1 unspecified atom stereocenters. The van der Waals surface area contributed by atoms with E-state index in [9.17, 15) is 8.42 Å². The molecule has 0 heterocycles. The molecule has 0 saturated heterocycles. The van der Waals surface area contributed by atoms with Crippen molar-refractivity contribution in [1.29, 1.82) is 0 Å². The largest absolute Gasteiger partial charge is 0.323 e. The van der Waals surface area contributed by atoms with Crippen molar-refractivity contribution in [3.05, 3.63) is 33.3 Å². The van der Waals surface area contributed by atoms with Crippen LogP contribution >= 0.6 is 15.9 Å². The topological polar surface area (TPSA) is 60.2 Å². The van der Waals surface area contributed by atoms with Gasteiger partial charge in [0.25, 0.3) is 0 Å². The molecule has 2 N–H and O–H groups in total. The zero-order valence-electron chi connectivity index (χ0n) is 9.62. The molecule has 16 heavy (non-hydrogen) atoms. The Bertz CT molecular complexity index is 497. The zero-order valence-corrected chi connectivity index (χ0v) is 12.0. The summed E-state index contributed by atoms with van der Waals surface area (Å²) in [6.07, 6.45) is 1.20. The summed E-state index contributed by atoms with van der Waals surface area (Å²) >= 11 is 3.43. The summed E-state index contributed by atoms with van der Waals surface area (Å²) in [6, 6.07) is 3.45. The molecule has 1 aromatic carbocycles. The van der Waals surface area contributed by atoms with E-state index in [-0.39, 0.29) is 5.75 Å². The first-order valence-corrected chi connectivity index (χ1v) is 7.76. The predicted molar refractivity (Wildman–Crippen MR) is 70.3 cm³/mol. The Kier molecular flexibility index (Phi) is 4.15. The molecule has 0 aromatic heterocycles. The number of sulfone groups is 1. The van der Waals surface area contributed by atoms with Crippen molar-refractivity contribution in [2.24, 2.45) is 5.73 Å². The van der Waals surface area contributed by atoms with Crippen LogP contribution in [0.25, 0.3) is 0 Å². The highest BCUT2D eigenvalue weighted by Gasteiger charge is 2.15. The van der Waals surface area contributed by atoms with Gasteiger partial charge < -0.3 is 5.73 Å². The number of halogens is 1. The van der Waals surface area contributed by atoms with Gasteiger partial charge in [0.05, 0.1) is 5.75 Å². The van der Waals surface area contributed by atoms with Gasteiger partial charge in [-0.1, -0.05) is 22.0 Å². The Hall–Kier alpha value is -0.390. The van der Waals surface area contributed by atoms with Crippen LogP contribution < -0.4 is 5.73 Å². The van der Waals surface area contributed by atoms with Crippen LogP contribution in [0.5, 0.6) is 0 Å². The minimum absolute atomic E-state index is 0.0189. The van der Waals surface area contributed by atoms with Gasteiger partial charge in [0.1, 0.15) is 9.84 Å². The van der Waals surface area contributed by atoms with Gasteiger partial charge in [0.15, 0.2) is 0 Å². The number of hydrogen-bond donors (Lipinski definition) is 1. The molecule has 0 spiro atoms. The van der Waals surface area contributed by atoms with Crippen molar-refractivity contribution in [1.82, 2.24) is 0 Å². The Labute approximate surface area is 105 Å². The van der Waals surface area contributed by atoms with E-state index in [4.69, 9.17) is 5.73 Å². The van der Waals surface area contributed by atoms with E-state index in [0.29, 0.717) is 0 Å². The van der Waals surface area contributed by atoms with E-state index >= 15 is 0 Å². The molecule has 0 bridgehead atoms. The van der Waals surface area contributed by atoms with Gasteiger partial charge in [-0.25, -0.2) is 8.42 Å². The Balaban J connectivity index is 3.09. The van der Waals surface area contributed by atoms with Gasteiger partial charge in [0.2, 0.25) is 0 Å². The molecular formula is C11H16BrNO2S. The van der Waals surface area contributed by atoms with Crippen LogP contribution in [0, 0.1) is 13.8 Å². The predicted octanol–water partition coefficient (Wildman–Crippen LogP) is 2.11. The lowest BCUT2D eigenvalue weighted by Crippen LogP contribution is -2.21. The highest BCUT2D eigenvalue weighted by molar-refractivity contribution is 9.10. The first kappa shape index (κ1) is 13.7. The van der Waals surface area contributed by atoms with Crippen molar-refractivity contribution in [2.45, 2.75) is 19.9 Å². The molecule has 0 aliphatic heterocycles. The summed E-state index contributed by atoms with van der Waals surface area (Å²) in [7, 11) is -3.05. The van der Waals surface area contributed by atoms with Crippen molar-refractivity contribution in [3.63, 3.8) is 0 Å². The third-order valence-electron chi connectivity index (χ3n) is 2.43. The Morgan fingerprint density at radius 3 is 2.38 bits per heavy atom. The molecule has 0 fully saturated rings. The maximum Gasteiger partial charge on any atom is 0.149 e. The molecule has 90 valence electrons. The van der Waals surface area contributed by atoms with Gasteiger partial charge in [0, 0.05) is 16.8 Å². The van der Waals surface area contributed by atoms with Crippen LogP contribution in [0.1, 0.15) is 22.7 Å². The molecule has 0 saturated carbocycles. The summed E-state index contributed by atoms with van der Waals surface area (Å²) in [5.41, 5.74) is 8.87. The van der Waals surface area contributed by atoms with Gasteiger partial charge in [-0.2, -0.15) is 0 Å². The van der Waals surface area contributed by atoms with Gasteiger partial charge in [-0.05, 0) is 36.6 Å². The first-order chi connectivity index (χ1) is 7.20. The van der Waals surface area contributed by atoms with E-state index in [1.165, 1.54) is 6.26 Å². The first-order valence-electron chi connectivity index (χ1n) is 4.90. The van der Waals surface area contributed by atoms with Crippen molar-refractivity contribution in [3.8, 4) is 0 Å². The third kappa shape index (κ3) is 3.57. The molecule has 1 aromatic rings. The summed E-state index contributed by atoms with van der Waals surface area (Å²) in [4.78, 5) is 0. The van der Waals surface area contributed by atoms with Crippen LogP contribution in [0.15, 0.2) is 16.6 Å². The smallest absolute Gasteiger partial charge is 0.149 e. The van der Waals surface area contributed by atoms with E-state index in [0.717, 1.165) is 21.2 Å². The highest BCUT2D eigenvalue weighted by Crippen LogP contribution is 2.24. The molecule has 5 heteroatoms. The number of hydrogen-bond acceptors (Lipinski definition) is 3. The monoisotopic (exact) mass is 305 g/mol. The summed E-state index contributed by atoms with van der Waals surface area (Å²) in [5, 5.41) is 0. The minimum atomic E-state index is -3.05. The fourth-order valence-corrected chi connectivity index (χ4v) is 2.91.